The number of carbonyl (C=O) groups excluding carboxylic acids is 2. The predicted octanol–water partition coefficient (Wildman–Crippen LogP) is 7.35. The lowest BCUT2D eigenvalue weighted by Gasteiger charge is -2.47. The molecule has 2 aromatic carbocycles. The second-order valence-corrected chi connectivity index (χ2v) is 20.1. The topological polar surface area (TPSA) is 99.1 Å². The lowest BCUT2D eigenvalue weighted by atomic mass is 9.83. The van der Waals surface area contributed by atoms with Crippen molar-refractivity contribution in [1.29, 1.82) is 0 Å². The van der Waals surface area contributed by atoms with Crippen molar-refractivity contribution in [2.75, 3.05) is 6.54 Å². The minimum Gasteiger partial charge on any atom is -0.481 e. The molecule has 4 rings (SSSR count). The summed E-state index contributed by atoms with van der Waals surface area (Å²) in [5.74, 6) is -3.22. The number of nitrogens with one attached hydrogen (secondary N) is 1. The lowest BCUT2D eigenvalue weighted by molar-refractivity contribution is -0.137. The molecule has 2 amide bonds. The molecule has 1 fully saturated rings. The Labute approximate surface area is 260 Å². The molecule has 0 saturated heterocycles. The van der Waals surface area contributed by atoms with Gasteiger partial charge in [0, 0.05) is 31.8 Å². The van der Waals surface area contributed by atoms with Crippen molar-refractivity contribution in [1.82, 2.24) is 10.2 Å². The van der Waals surface area contributed by atoms with E-state index in [1.54, 1.807) is 12.1 Å². The molecule has 1 spiro atoms. The zero-order chi connectivity index (χ0) is 32.4. The summed E-state index contributed by atoms with van der Waals surface area (Å²) in [6.07, 6.45) is 4.46. The largest absolute Gasteiger partial charge is 0.481 e. The second-order valence-electron chi connectivity index (χ2n) is 14.6. The molecule has 238 valence electrons. The van der Waals surface area contributed by atoms with Crippen LogP contribution in [0.3, 0.4) is 0 Å². The van der Waals surface area contributed by atoms with Crippen LogP contribution in [0.25, 0.3) is 0 Å². The van der Waals surface area contributed by atoms with Crippen LogP contribution in [0.4, 0.5) is 8.78 Å². The minimum atomic E-state index is -1.44. The van der Waals surface area contributed by atoms with Crippen molar-refractivity contribution >= 4 is 31.6 Å². The van der Waals surface area contributed by atoms with Crippen molar-refractivity contribution in [3.63, 3.8) is 0 Å². The summed E-state index contributed by atoms with van der Waals surface area (Å²) < 4.78 is 28.7. The molecule has 1 aliphatic carbocycles. The number of nitrogens with zero attached hydrogens (tertiary/aromatic N) is 2. The summed E-state index contributed by atoms with van der Waals surface area (Å²) in [7, 11) is -1.44. The van der Waals surface area contributed by atoms with Crippen LogP contribution in [0.1, 0.15) is 93.2 Å². The molecule has 0 radical (unpaired) electrons. The van der Waals surface area contributed by atoms with E-state index in [1.807, 2.05) is 17.0 Å². The quantitative estimate of drug-likeness (QED) is 0.270. The molecule has 1 heterocycles. The van der Waals surface area contributed by atoms with Crippen molar-refractivity contribution in [2.45, 2.75) is 103 Å². The fraction of sp³-hybridized carbons (Fsp3) is 0.529. The zero-order valence-corrected chi connectivity index (χ0v) is 27.7. The van der Waals surface area contributed by atoms with Gasteiger partial charge >= 0.3 is 5.97 Å². The molecule has 0 unspecified atom stereocenters. The number of aliphatic imine (C=N–C) groups is 1. The summed E-state index contributed by atoms with van der Waals surface area (Å²) in [6.45, 7) is 13.6. The van der Waals surface area contributed by atoms with E-state index in [-0.39, 0.29) is 47.5 Å². The van der Waals surface area contributed by atoms with Gasteiger partial charge in [0.25, 0.3) is 11.8 Å². The Morgan fingerprint density at radius 1 is 1.07 bits per heavy atom. The number of benzene rings is 2. The van der Waals surface area contributed by atoms with Gasteiger partial charge in [-0.15, -0.1) is 0 Å². The van der Waals surface area contributed by atoms with Crippen LogP contribution in [0, 0.1) is 17.0 Å². The third-order valence-electron chi connectivity index (χ3n) is 9.00. The molecule has 1 atom stereocenters. The first-order valence-corrected chi connectivity index (χ1v) is 19.1. The maximum absolute atomic E-state index is 14.4. The molecule has 2 aliphatic rings. The maximum Gasteiger partial charge on any atom is 0.305 e. The number of hydrogen-bond donors (Lipinski definition) is 2. The predicted molar refractivity (Wildman–Crippen MR) is 170 cm³/mol. The lowest BCUT2D eigenvalue weighted by Crippen LogP contribution is -2.51. The molecular weight excluding hydrogens is 580 g/mol. The maximum atomic E-state index is 14.4. The Kier molecular flexibility index (Phi) is 9.83. The number of carboxylic acid groups (broad SMARTS) is 1. The van der Waals surface area contributed by atoms with Gasteiger partial charge in [0.2, 0.25) is 0 Å². The van der Waals surface area contributed by atoms with Gasteiger partial charge in [0.05, 0.1) is 12.5 Å². The van der Waals surface area contributed by atoms with E-state index in [0.29, 0.717) is 30.4 Å². The van der Waals surface area contributed by atoms with Crippen LogP contribution in [0.2, 0.25) is 25.2 Å². The van der Waals surface area contributed by atoms with Crippen LogP contribution in [-0.2, 0) is 9.59 Å². The molecule has 1 saturated carbocycles. The number of amides is 2. The Morgan fingerprint density at radius 3 is 2.18 bits per heavy atom. The van der Waals surface area contributed by atoms with Crippen molar-refractivity contribution in [3.05, 3.63) is 70.8 Å². The molecule has 1 aliphatic heterocycles. The van der Waals surface area contributed by atoms with E-state index in [4.69, 9.17) is 10.1 Å². The molecule has 2 N–H and O–H groups in total. The molecule has 2 aromatic rings. The monoisotopic (exact) mass is 625 g/mol. The summed E-state index contributed by atoms with van der Waals surface area (Å²) in [6, 6.07) is 9.82. The third-order valence-corrected chi connectivity index (χ3v) is 12.0. The van der Waals surface area contributed by atoms with Gasteiger partial charge in [-0.1, -0.05) is 52.5 Å². The summed E-state index contributed by atoms with van der Waals surface area (Å²) in [5, 5.41) is 11.5. The van der Waals surface area contributed by atoms with E-state index < -0.39 is 31.3 Å². The fourth-order valence-corrected chi connectivity index (χ4v) is 8.50. The second kappa shape index (κ2) is 12.9. The van der Waals surface area contributed by atoms with Crippen molar-refractivity contribution < 1.29 is 28.3 Å². The van der Waals surface area contributed by atoms with Gasteiger partial charge in [-0.25, -0.2) is 8.78 Å². The summed E-state index contributed by atoms with van der Waals surface area (Å²) >= 11 is 0. The first-order valence-electron chi connectivity index (χ1n) is 15.5. The van der Waals surface area contributed by atoms with Crippen LogP contribution in [0.15, 0.2) is 47.5 Å². The number of carbonyl (C=O) groups is 3. The standard InChI is InChI=1S/C34H45F2N3O4Si/c1-33(2,3)15-13-28(22-7-9-23(10-8-22)31(42)37-18-14-29(40)41)39-32(43)30(24-19-25(35)21-26(36)20-24)38-34(39)16-11-27(12-17-34)44(4,5)6/h7-10,19-21,27-28H,11-18H2,1-6H3,(H,37,42)(H,40,41)/t27?,28-,34?/m1/s1. The van der Waals surface area contributed by atoms with Crippen LogP contribution < -0.4 is 5.32 Å². The third kappa shape index (κ3) is 7.81. The zero-order valence-electron chi connectivity index (χ0n) is 26.7. The smallest absolute Gasteiger partial charge is 0.305 e. The fourth-order valence-electron chi connectivity index (χ4n) is 6.48. The van der Waals surface area contributed by atoms with E-state index in [1.165, 1.54) is 12.1 Å². The molecule has 10 heteroatoms. The van der Waals surface area contributed by atoms with Crippen LogP contribution >= 0.6 is 0 Å². The Balaban J connectivity index is 1.74. The Morgan fingerprint density at radius 2 is 1.66 bits per heavy atom. The Hall–Kier alpha value is -3.40. The van der Waals surface area contributed by atoms with E-state index in [9.17, 15) is 23.2 Å². The van der Waals surface area contributed by atoms with Gasteiger partial charge in [-0.2, -0.15) is 0 Å². The van der Waals surface area contributed by atoms with Crippen molar-refractivity contribution in [3.8, 4) is 0 Å². The minimum absolute atomic E-state index is 0.0220. The van der Waals surface area contributed by atoms with Gasteiger partial charge < -0.3 is 15.3 Å². The summed E-state index contributed by atoms with van der Waals surface area (Å²) in [4.78, 5) is 44.8. The highest BCUT2D eigenvalue weighted by molar-refractivity contribution is 6.77. The highest BCUT2D eigenvalue weighted by Gasteiger charge is 2.53. The average molecular weight is 626 g/mol. The number of rotatable bonds is 10. The number of carboxylic acids is 1. The first-order chi connectivity index (χ1) is 20.5. The van der Waals surface area contributed by atoms with Gasteiger partial charge in [0.1, 0.15) is 23.0 Å². The molecule has 7 nitrogen and oxygen atoms in total. The van der Waals surface area contributed by atoms with Gasteiger partial charge in [0.15, 0.2) is 0 Å². The average Bonchev–Trinajstić information content (AvgIpc) is 3.19. The highest BCUT2D eigenvalue weighted by atomic mass is 28.3. The van der Waals surface area contributed by atoms with Gasteiger partial charge in [-0.3, -0.25) is 19.4 Å². The SMILES string of the molecule is CC(C)(C)CC[C@H](c1ccc(C(=O)NCCC(=O)O)cc1)N1C(=O)C(c2cc(F)cc(F)c2)=NC12CCC([Si](C)(C)C)CC2. The van der Waals surface area contributed by atoms with Crippen molar-refractivity contribution in [2.24, 2.45) is 10.4 Å². The van der Waals surface area contributed by atoms with E-state index in [2.05, 4.69) is 45.7 Å². The number of aliphatic carboxylic acids is 1. The molecule has 0 bridgehead atoms. The Bertz CT molecular complexity index is 1400. The molecular formula is C34H45F2N3O4Si. The van der Waals surface area contributed by atoms with Crippen LogP contribution in [0.5, 0.6) is 0 Å². The normalized spacial score (nSPS) is 21.4. The van der Waals surface area contributed by atoms with E-state index in [0.717, 1.165) is 30.9 Å². The van der Waals surface area contributed by atoms with E-state index >= 15 is 0 Å². The molecule has 44 heavy (non-hydrogen) atoms. The molecule has 0 aromatic heterocycles. The number of halogens is 2. The summed E-state index contributed by atoms with van der Waals surface area (Å²) in [5.41, 5.74) is 1.19. The number of hydrogen-bond acceptors (Lipinski definition) is 4. The van der Waals surface area contributed by atoms with Crippen LogP contribution in [-0.4, -0.2) is 53.8 Å². The highest BCUT2D eigenvalue weighted by Crippen LogP contribution is 2.50. The van der Waals surface area contributed by atoms with Gasteiger partial charge in [-0.05, 0) is 79.3 Å². The first kappa shape index (κ1) is 33.5.